The number of rotatable bonds is 0. The third-order valence-corrected chi connectivity index (χ3v) is 2.32. The van der Waals surface area contributed by atoms with E-state index in [0.717, 1.165) is 17.3 Å². The van der Waals surface area contributed by atoms with Crippen molar-refractivity contribution in [3.63, 3.8) is 0 Å². The molecule has 0 saturated heterocycles. The van der Waals surface area contributed by atoms with E-state index in [9.17, 15) is 0 Å². The van der Waals surface area contributed by atoms with E-state index < -0.39 is 0 Å². The molecule has 0 bridgehead atoms. The van der Waals surface area contributed by atoms with Crippen molar-refractivity contribution in [2.24, 2.45) is 0 Å². The molecular formula is C10H9N3O. The average molecular weight is 187 g/mol. The number of fused-ring (bicyclic) bond motifs is 3. The molecule has 0 unspecified atom stereocenters. The molecule has 2 N–H and O–H groups in total. The van der Waals surface area contributed by atoms with Crippen molar-refractivity contribution >= 4 is 5.69 Å². The molecule has 0 aliphatic carbocycles. The zero-order valence-corrected chi connectivity index (χ0v) is 7.47. The molecule has 0 saturated carbocycles. The largest absolute Gasteiger partial charge is 0.483 e. The zero-order chi connectivity index (χ0) is 9.54. The van der Waals surface area contributed by atoms with Crippen molar-refractivity contribution in [2.45, 2.75) is 6.61 Å². The fraction of sp³-hybridized carbons (Fsp3) is 0.100. The Morgan fingerprint density at radius 1 is 1.43 bits per heavy atom. The summed E-state index contributed by atoms with van der Waals surface area (Å²) in [6.45, 7) is 0.503. The first kappa shape index (κ1) is 7.44. The van der Waals surface area contributed by atoms with Gasteiger partial charge >= 0.3 is 0 Å². The predicted molar refractivity (Wildman–Crippen MR) is 52.3 cm³/mol. The van der Waals surface area contributed by atoms with Crippen LogP contribution < -0.4 is 10.5 Å². The molecular weight excluding hydrogens is 178 g/mol. The van der Waals surface area contributed by atoms with Crippen molar-refractivity contribution in [1.82, 2.24) is 9.55 Å². The van der Waals surface area contributed by atoms with Crippen molar-refractivity contribution in [2.75, 3.05) is 5.73 Å². The highest BCUT2D eigenvalue weighted by Crippen LogP contribution is 2.30. The van der Waals surface area contributed by atoms with Gasteiger partial charge in [0.25, 0.3) is 0 Å². The molecule has 2 heterocycles. The van der Waals surface area contributed by atoms with Gasteiger partial charge in [-0.2, -0.15) is 0 Å². The van der Waals surface area contributed by atoms with Gasteiger partial charge in [0.05, 0.1) is 5.69 Å². The number of nitrogen functional groups attached to an aromatic ring is 1. The maximum Gasteiger partial charge on any atom is 0.151 e. The molecule has 1 aliphatic rings. The van der Waals surface area contributed by atoms with Crippen LogP contribution in [0.15, 0.2) is 30.6 Å². The summed E-state index contributed by atoms with van der Waals surface area (Å²) in [4.78, 5) is 4.18. The van der Waals surface area contributed by atoms with Crippen molar-refractivity contribution in [1.29, 1.82) is 0 Å². The lowest BCUT2D eigenvalue weighted by molar-refractivity contribution is 0.280. The molecule has 70 valence electrons. The summed E-state index contributed by atoms with van der Waals surface area (Å²) in [5.41, 5.74) is 7.39. The first-order valence-electron chi connectivity index (χ1n) is 4.39. The van der Waals surface area contributed by atoms with Gasteiger partial charge in [-0.15, -0.1) is 0 Å². The van der Waals surface area contributed by atoms with E-state index in [1.54, 1.807) is 6.20 Å². The Balaban J connectivity index is 2.26. The molecule has 3 rings (SSSR count). The summed E-state index contributed by atoms with van der Waals surface area (Å²) in [7, 11) is 0. The van der Waals surface area contributed by atoms with Gasteiger partial charge in [-0.1, -0.05) is 0 Å². The Bertz CT molecular complexity index is 490. The molecule has 0 amide bonds. The van der Waals surface area contributed by atoms with Crippen LogP contribution in [0.4, 0.5) is 5.69 Å². The summed E-state index contributed by atoms with van der Waals surface area (Å²) < 4.78 is 7.54. The maximum absolute atomic E-state index is 5.67. The molecule has 4 nitrogen and oxygen atoms in total. The lowest BCUT2D eigenvalue weighted by Gasteiger charge is -2.19. The normalized spacial score (nSPS) is 12.9. The number of nitrogens with zero attached hydrogens (tertiary/aromatic N) is 2. The third kappa shape index (κ3) is 0.907. The summed E-state index contributed by atoms with van der Waals surface area (Å²) in [5, 5.41) is 0. The first-order valence-corrected chi connectivity index (χ1v) is 4.39. The molecule has 0 spiro atoms. The van der Waals surface area contributed by atoms with Crippen molar-refractivity contribution in [3.05, 3.63) is 36.4 Å². The van der Waals surface area contributed by atoms with Crippen LogP contribution in [0.1, 0.15) is 5.82 Å². The topological polar surface area (TPSA) is 53.1 Å². The van der Waals surface area contributed by atoms with Crippen LogP contribution in [0.3, 0.4) is 0 Å². The second-order valence-electron chi connectivity index (χ2n) is 3.23. The predicted octanol–water partition coefficient (Wildman–Crippen LogP) is 1.35. The van der Waals surface area contributed by atoms with Gasteiger partial charge in [0.15, 0.2) is 5.82 Å². The number of hydrogen-bond donors (Lipinski definition) is 1. The van der Waals surface area contributed by atoms with Crippen molar-refractivity contribution < 1.29 is 4.74 Å². The smallest absolute Gasteiger partial charge is 0.151 e. The summed E-state index contributed by atoms with van der Waals surface area (Å²) in [6, 6.07) is 5.63. The van der Waals surface area contributed by atoms with Crippen LogP contribution in [0.25, 0.3) is 5.69 Å². The molecule has 4 heteroatoms. The van der Waals surface area contributed by atoms with Crippen LogP contribution in [-0.4, -0.2) is 9.55 Å². The van der Waals surface area contributed by atoms with Crippen LogP contribution in [-0.2, 0) is 6.61 Å². The summed E-state index contributed by atoms with van der Waals surface area (Å²) >= 11 is 0. The van der Waals surface area contributed by atoms with Crippen LogP contribution >= 0.6 is 0 Å². The van der Waals surface area contributed by atoms with Gasteiger partial charge in [-0.25, -0.2) is 4.98 Å². The fourth-order valence-corrected chi connectivity index (χ4v) is 1.65. The number of imidazole rings is 1. The molecule has 1 aromatic heterocycles. The SMILES string of the molecule is Nc1ccc2c(c1)OCc1nccn1-2. The monoisotopic (exact) mass is 187 g/mol. The van der Waals surface area contributed by atoms with E-state index >= 15 is 0 Å². The van der Waals surface area contributed by atoms with E-state index in [1.807, 2.05) is 29.0 Å². The van der Waals surface area contributed by atoms with E-state index in [-0.39, 0.29) is 0 Å². The van der Waals surface area contributed by atoms with E-state index in [0.29, 0.717) is 12.3 Å². The molecule has 2 aromatic rings. The minimum Gasteiger partial charge on any atom is -0.483 e. The highest BCUT2D eigenvalue weighted by Gasteiger charge is 2.16. The molecule has 1 aliphatic heterocycles. The fourth-order valence-electron chi connectivity index (χ4n) is 1.65. The Labute approximate surface area is 80.9 Å². The molecule has 1 aromatic carbocycles. The van der Waals surface area contributed by atoms with Gasteiger partial charge in [-0.05, 0) is 12.1 Å². The average Bonchev–Trinajstić information content (AvgIpc) is 2.65. The third-order valence-electron chi connectivity index (χ3n) is 2.32. The zero-order valence-electron chi connectivity index (χ0n) is 7.47. The minimum absolute atomic E-state index is 0.503. The Kier molecular flexibility index (Phi) is 1.33. The number of benzene rings is 1. The molecule has 0 radical (unpaired) electrons. The Hall–Kier alpha value is -1.97. The maximum atomic E-state index is 5.67. The minimum atomic E-state index is 0.503. The van der Waals surface area contributed by atoms with E-state index in [2.05, 4.69) is 4.98 Å². The first-order chi connectivity index (χ1) is 6.84. The molecule has 0 fully saturated rings. The highest BCUT2D eigenvalue weighted by molar-refractivity contribution is 5.57. The number of anilines is 1. The quantitative estimate of drug-likeness (QED) is 0.633. The molecule has 14 heavy (non-hydrogen) atoms. The lowest BCUT2D eigenvalue weighted by Crippen LogP contribution is -2.12. The number of hydrogen-bond acceptors (Lipinski definition) is 3. The molecule has 0 atom stereocenters. The van der Waals surface area contributed by atoms with Gasteiger partial charge in [0.2, 0.25) is 0 Å². The van der Waals surface area contributed by atoms with Crippen LogP contribution in [0.2, 0.25) is 0 Å². The highest BCUT2D eigenvalue weighted by atomic mass is 16.5. The second-order valence-corrected chi connectivity index (χ2v) is 3.23. The second kappa shape index (κ2) is 2.51. The van der Waals surface area contributed by atoms with Crippen LogP contribution in [0.5, 0.6) is 5.75 Å². The van der Waals surface area contributed by atoms with Gasteiger partial charge < -0.3 is 10.5 Å². The Morgan fingerprint density at radius 3 is 3.29 bits per heavy atom. The van der Waals surface area contributed by atoms with Gasteiger partial charge in [0.1, 0.15) is 12.4 Å². The van der Waals surface area contributed by atoms with Crippen LogP contribution in [0, 0.1) is 0 Å². The van der Waals surface area contributed by atoms with Gasteiger partial charge in [-0.3, -0.25) is 4.57 Å². The van der Waals surface area contributed by atoms with E-state index in [4.69, 9.17) is 10.5 Å². The lowest BCUT2D eigenvalue weighted by atomic mass is 10.2. The summed E-state index contributed by atoms with van der Waals surface area (Å²) in [5.74, 6) is 1.73. The van der Waals surface area contributed by atoms with E-state index in [1.165, 1.54) is 0 Å². The van der Waals surface area contributed by atoms with Crippen molar-refractivity contribution in [3.8, 4) is 11.4 Å². The standard InChI is InChI=1S/C10H9N3O/c11-7-1-2-8-9(5-7)14-6-10-12-3-4-13(8)10/h1-5H,6,11H2. The summed E-state index contributed by atoms with van der Waals surface area (Å²) in [6.07, 6.45) is 3.69. The number of ether oxygens (including phenoxy) is 1. The Morgan fingerprint density at radius 2 is 2.36 bits per heavy atom. The van der Waals surface area contributed by atoms with Gasteiger partial charge in [0, 0.05) is 24.1 Å². The number of nitrogens with two attached hydrogens (primary N) is 1. The number of aromatic nitrogens is 2.